The zero-order chi connectivity index (χ0) is 21.9. The van der Waals surface area contributed by atoms with Crippen LogP contribution in [0.1, 0.15) is 106 Å². The zero-order valence-electron chi connectivity index (χ0n) is 19.6. The maximum Gasteiger partial charge on any atom is 0.127 e. The van der Waals surface area contributed by atoms with Gasteiger partial charge in [-0.1, -0.05) is 81.7 Å². The molecule has 0 aromatic heterocycles. The number of hydrogen-bond acceptors (Lipinski definition) is 0. The number of aryl methyl sites for hydroxylation is 2. The Bertz CT molecular complexity index is 844. The Hall–Kier alpha value is -2.07. The highest BCUT2D eigenvalue weighted by Crippen LogP contribution is 2.35. The second-order valence-corrected chi connectivity index (χ2v) is 9.28. The molecule has 0 nitrogen and oxygen atoms in total. The van der Waals surface area contributed by atoms with Gasteiger partial charge in [0.15, 0.2) is 0 Å². The molecule has 31 heavy (non-hydrogen) atoms. The van der Waals surface area contributed by atoms with E-state index in [2.05, 4.69) is 50.0 Å². The van der Waals surface area contributed by atoms with Crippen LogP contribution in [0.5, 0.6) is 0 Å². The summed E-state index contributed by atoms with van der Waals surface area (Å²) < 4.78 is 14.2. The molecule has 2 aromatic rings. The molecule has 0 heterocycles. The lowest BCUT2D eigenvalue weighted by Crippen LogP contribution is -2.12. The summed E-state index contributed by atoms with van der Waals surface area (Å²) in [6.07, 6.45) is 14.2. The average molecular weight is 419 g/mol. The van der Waals surface area contributed by atoms with Crippen molar-refractivity contribution in [3.63, 3.8) is 0 Å². The largest absolute Gasteiger partial charge is 0.207 e. The minimum absolute atomic E-state index is 0.0993. The number of halogens is 1. The first-order chi connectivity index (χ1) is 15.2. The molecule has 1 aliphatic carbocycles. The maximum absolute atomic E-state index is 14.2. The van der Waals surface area contributed by atoms with Crippen LogP contribution in [0.4, 0.5) is 4.39 Å². The molecule has 166 valence electrons. The Morgan fingerprint density at radius 3 is 2.23 bits per heavy atom. The molecule has 1 fully saturated rings. The van der Waals surface area contributed by atoms with Gasteiger partial charge in [0.2, 0.25) is 0 Å². The van der Waals surface area contributed by atoms with Crippen LogP contribution in [0.3, 0.4) is 0 Å². The Kier molecular flexibility index (Phi) is 9.67. The van der Waals surface area contributed by atoms with Crippen molar-refractivity contribution >= 4 is 0 Å². The van der Waals surface area contributed by atoms with E-state index in [1.165, 1.54) is 56.1 Å². The van der Waals surface area contributed by atoms with Crippen molar-refractivity contribution in [3.05, 3.63) is 70.5 Å². The molecule has 0 spiro atoms. The van der Waals surface area contributed by atoms with E-state index in [9.17, 15) is 4.39 Å². The van der Waals surface area contributed by atoms with E-state index in [1.54, 1.807) is 6.07 Å². The van der Waals surface area contributed by atoms with Gasteiger partial charge in [0.25, 0.3) is 0 Å². The number of benzene rings is 2. The third kappa shape index (κ3) is 7.53. The van der Waals surface area contributed by atoms with Crippen LogP contribution >= 0.6 is 0 Å². The number of rotatable bonds is 9. The van der Waals surface area contributed by atoms with Crippen LogP contribution in [-0.2, 0) is 12.8 Å². The van der Waals surface area contributed by atoms with Gasteiger partial charge in [0, 0.05) is 11.5 Å². The molecule has 0 aliphatic heterocycles. The van der Waals surface area contributed by atoms with Gasteiger partial charge in [-0.25, -0.2) is 4.39 Å². The van der Waals surface area contributed by atoms with Gasteiger partial charge in [-0.2, -0.15) is 0 Å². The van der Waals surface area contributed by atoms with E-state index >= 15 is 0 Å². The standard InChI is InChI=1S/C30H39F/c1-3-5-7-8-9-24-13-18-27(19-14-24)28-20-15-25(16-21-28)11-12-26-17-22-29(10-6-4-2)30(31)23-26/h13-14,17-19,22-23,25,28H,3-10,15-16,20-21H2,1-2H3. The summed E-state index contributed by atoms with van der Waals surface area (Å²) in [6.45, 7) is 4.40. The smallest absolute Gasteiger partial charge is 0.127 e. The van der Waals surface area contributed by atoms with Crippen LogP contribution in [0.2, 0.25) is 0 Å². The summed E-state index contributed by atoms with van der Waals surface area (Å²) in [5, 5.41) is 0. The Balaban J connectivity index is 1.47. The molecule has 0 N–H and O–H groups in total. The maximum atomic E-state index is 14.2. The summed E-state index contributed by atoms with van der Waals surface area (Å²) in [5.74, 6) is 7.68. The molecule has 0 bridgehead atoms. The first kappa shape index (κ1) is 23.6. The average Bonchev–Trinajstić information content (AvgIpc) is 2.81. The first-order valence-corrected chi connectivity index (χ1v) is 12.6. The van der Waals surface area contributed by atoms with E-state index in [4.69, 9.17) is 0 Å². The van der Waals surface area contributed by atoms with Crippen molar-refractivity contribution in [1.29, 1.82) is 0 Å². The van der Waals surface area contributed by atoms with Crippen LogP contribution in [-0.4, -0.2) is 0 Å². The van der Waals surface area contributed by atoms with Crippen molar-refractivity contribution < 1.29 is 4.39 Å². The highest BCUT2D eigenvalue weighted by atomic mass is 19.1. The molecule has 0 radical (unpaired) electrons. The quantitative estimate of drug-likeness (QED) is 0.282. The van der Waals surface area contributed by atoms with E-state index in [0.717, 1.165) is 43.2 Å². The molecular formula is C30H39F. The molecule has 0 atom stereocenters. The fraction of sp³-hybridized carbons (Fsp3) is 0.533. The third-order valence-corrected chi connectivity index (χ3v) is 6.77. The monoisotopic (exact) mass is 418 g/mol. The highest BCUT2D eigenvalue weighted by Gasteiger charge is 2.21. The fourth-order valence-corrected chi connectivity index (χ4v) is 4.66. The van der Waals surface area contributed by atoms with E-state index in [-0.39, 0.29) is 5.82 Å². The van der Waals surface area contributed by atoms with Gasteiger partial charge in [-0.15, -0.1) is 0 Å². The lowest BCUT2D eigenvalue weighted by Gasteiger charge is -2.26. The molecular weight excluding hydrogens is 379 g/mol. The topological polar surface area (TPSA) is 0 Å². The highest BCUT2D eigenvalue weighted by molar-refractivity contribution is 5.37. The summed E-state index contributed by atoms with van der Waals surface area (Å²) >= 11 is 0. The molecule has 1 heteroatoms. The second kappa shape index (κ2) is 12.7. The van der Waals surface area contributed by atoms with Crippen LogP contribution in [0.15, 0.2) is 42.5 Å². The summed E-state index contributed by atoms with van der Waals surface area (Å²) in [5.41, 5.74) is 4.61. The van der Waals surface area contributed by atoms with Gasteiger partial charge in [0.1, 0.15) is 5.82 Å². The molecule has 0 amide bonds. The van der Waals surface area contributed by atoms with Gasteiger partial charge >= 0.3 is 0 Å². The first-order valence-electron chi connectivity index (χ1n) is 12.6. The summed E-state index contributed by atoms with van der Waals surface area (Å²) in [7, 11) is 0. The van der Waals surface area contributed by atoms with Crippen molar-refractivity contribution in [2.45, 2.75) is 96.8 Å². The van der Waals surface area contributed by atoms with E-state index < -0.39 is 0 Å². The summed E-state index contributed by atoms with van der Waals surface area (Å²) in [4.78, 5) is 0. The van der Waals surface area contributed by atoms with Gasteiger partial charge < -0.3 is 0 Å². The van der Waals surface area contributed by atoms with Crippen molar-refractivity contribution in [2.24, 2.45) is 5.92 Å². The van der Waals surface area contributed by atoms with E-state index in [1.807, 2.05) is 12.1 Å². The Morgan fingerprint density at radius 2 is 1.55 bits per heavy atom. The minimum Gasteiger partial charge on any atom is -0.207 e. The predicted molar refractivity (Wildman–Crippen MR) is 131 cm³/mol. The van der Waals surface area contributed by atoms with Gasteiger partial charge in [0.05, 0.1) is 0 Å². The van der Waals surface area contributed by atoms with Gasteiger partial charge in [-0.05, 0) is 86.1 Å². The van der Waals surface area contributed by atoms with Crippen molar-refractivity contribution in [3.8, 4) is 11.8 Å². The van der Waals surface area contributed by atoms with Crippen LogP contribution < -0.4 is 0 Å². The Labute approximate surface area is 189 Å². The molecule has 0 saturated heterocycles. The summed E-state index contributed by atoms with van der Waals surface area (Å²) in [6, 6.07) is 14.9. The lowest BCUT2D eigenvalue weighted by molar-refractivity contribution is 0.384. The van der Waals surface area contributed by atoms with Crippen molar-refractivity contribution in [2.75, 3.05) is 0 Å². The Morgan fingerprint density at radius 1 is 0.806 bits per heavy atom. The molecule has 1 saturated carbocycles. The SMILES string of the molecule is CCCCCCc1ccc(C2CCC(C#Cc3ccc(CCCC)c(F)c3)CC2)cc1. The lowest BCUT2D eigenvalue weighted by atomic mass is 9.78. The van der Waals surface area contributed by atoms with Crippen molar-refractivity contribution in [1.82, 2.24) is 0 Å². The zero-order valence-corrected chi connectivity index (χ0v) is 19.6. The number of hydrogen-bond donors (Lipinski definition) is 0. The van der Waals surface area contributed by atoms with Crippen LogP contribution in [0, 0.1) is 23.6 Å². The fourth-order valence-electron chi connectivity index (χ4n) is 4.66. The minimum atomic E-state index is -0.0993. The normalized spacial score (nSPS) is 18.4. The second-order valence-electron chi connectivity index (χ2n) is 9.28. The van der Waals surface area contributed by atoms with Crippen LogP contribution in [0.25, 0.3) is 0 Å². The molecule has 3 rings (SSSR count). The van der Waals surface area contributed by atoms with E-state index in [0.29, 0.717) is 11.8 Å². The number of unbranched alkanes of at least 4 members (excludes halogenated alkanes) is 4. The predicted octanol–water partition coefficient (Wildman–Crippen LogP) is 8.62. The molecule has 0 unspecified atom stereocenters. The third-order valence-electron chi connectivity index (χ3n) is 6.77. The molecule has 2 aromatic carbocycles. The van der Waals surface area contributed by atoms with Gasteiger partial charge in [-0.3, -0.25) is 0 Å². The molecule has 1 aliphatic rings.